The number of hydrogen-bond acceptors (Lipinski definition) is 3. The molecule has 0 aliphatic heterocycles. The van der Waals surface area contributed by atoms with E-state index in [-0.39, 0.29) is 11.3 Å². The number of carboxylic acid groups (broad SMARTS) is 1. The zero-order valence-electron chi connectivity index (χ0n) is 10.8. The summed E-state index contributed by atoms with van der Waals surface area (Å²) in [4.78, 5) is 26.5. The van der Waals surface area contributed by atoms with Crippen molar-refractivity contribution in [2.75, 3.05) is 0 Å². The molecule has 0 bridgehead atoms. The average Bonchev–Trinajstić information content (AvgIpc) is 2.71. The van der Waals surface area contributed by atoms with Crippen molar-refractivity contribution in [3.05, 3.63) is 41.3 Å². The molecule has 2 heterocycles. The Balaban J connectivity index is 2.82. The average molecular weight is 258 g/mol. The molecule has 0 atom stereocenters. The molecule has 19 heavy (non-hydrogen) atoms. The predicted molar refractivity (Wildman–Crippen MR) is 70.4 cm³/mol. The third-order valence-corrected chi connectivity index (χ3v) is 3.17. The zero-order valence-corrected chi connectivity index (χ0v) is 10.8. The largest absolute Gasteiger partial charge is 0.478 e. The Bertz CT molecular complexity index is 630. The number of pyridine rings is 1. The molecule has 0 aliphatic carbocycles. The highest BCUT2D eigenvalue weighted by Gasteiger charge is 2.24. The van der Waals surface area contributed by atoms with Crippen LogP contribution in [0.1, 0.15) is 33.3 Å². The van der Waals surface area contributed by atoms with Crippen LogP contribution in [0.2, 0.25) is 0 Å². The second kappa shape index (κ2) is 5.06. The molecule has 0 fully saturated rings. The minimum absolute atomic E-state index is 0.0896. The third-order valence-electron chi connectivity index (χ3n) is 3.17. The highest BCUT2D eigenvalue weighted by atomic mass is 16.4. The molecule has 5 nitrogen and oxygen atoms in total. The molecule has 0 unspecified atom stereocenters. The fourth-order valence-corrected chi connectivity index (χ4v) is 2.36. The van der Waals surface area contributed by atoms with Crippen LogP contribution in [0.3, 0.4) is 0 Å². The van der Waals surface area contributed by atoms with Crippen molar-refractivity contribution in [3.8, 4) is 11.3 Å². The summed E-state index contributed by atoms with van der Waals surface area (Å²) in [5.41, 5.74) is 2.56. The fraction of sp³-hybridized carbons (Fsp3) is 0.214. The van der Waals surface area contributed by atoms with Crippen molar-refractivity contribution >= 4 is 12.3 Å². The summed E-state index contributed by atoms with van der Waals surface area (Å²) in [7, 11) is 1.70. The van der Waals surface area contributed by atoms with Crippen LogP contribution >= 0.6 is 0 Å². The van der Waals surface area contributed by atoms with Crippen LogP contribution < -0.4 is 0 Å². The second-order valence-electron chi connectivity index (χ2n) is 4.16. The normalized spacial score (nSPS) is 10.4. The van der Waals surface area contributed by atoms with Gasteiger partial charge in [0.25, 0.3) is 0 Å². The van der Waals surface area contributed by atoms with Crippen LogP contribution in [0.4, 0.5) is 0 Å². The zero-order chi connectivity index (χ0) is 14.0. The van der Waals surface area contributed by atoms with E-state index in [1.807, 2.05) is 6.92 Å². The summed E-state index contributed by atoms with van der Waals surface area (Å²) < 4.78 is 1.63. The number of carbonyl (C=O) groups is 2. The van der Waals surface area contributed by atoms with Gasteiger partial charge in [-0.1, -0.05) is 6.92 Å². The maximum Gasteiger partial charge on any atom is 0.338 e. The van der Waals surface area contributed by atoms with Gasteiger partial charge in [-0.2, -0.15) is 0 Å². The van der Waals surface area contributed by atoms with Gasteiger partial charge in [0.15, 0.2) is 6.29 Å². The van der Waals surface area contributed by atoms with E-state index in [9.17, 15) is 14.7 Å². The molecule has 0 saturated heterocycles. The first-order valence-electron chi connectivity index (χ1n) is 5.92. The van der Waals surface area contributed by atoms with Gasteiger partial charge >= 0.3 is 5.97 Å². The van der Waals surface area contributed by atoms with Crippen molar-refractivity contribution in [2.24, 2.45) is 7.05 Å². The maximum atomic E-state index is 11.4. The third kappa shape index (κ3) is 2.03. The smallest absolute Gasteiger partial charge is 0.338 e. The van der Waals surface area contributed by atoms with Crippen molar-refractivity contribution < 1.29 is 14.7 Å². The van der Waals surface area contributed by atoms with E-state index in [4.69, 9.17) is 0 Å². The molecule has 0 radical (unpaired) electrons. The molecular weight excluding hydrogens is 244 g/mol. The monoisotopic (exact) mass is 258 g/mol. The van der Waals surface area contributed by atoms with Crippen molar-refractivity contribution in [1.29, 1.82) is 0 Å². The lowest BCUT2D eigenvalue weighted by Gasteiger charge is -2.06. The molecule has 0 aromatic carbocycles. The van der Waals surface area contributed by atoms with E-state index in [1.165, 1.54) is 0 Å². The first-order chi connectivity index (χ1) is 9.11. The van der Waals surface area contributed by atoms with Gasteiger partial charge in [0.2, 0.25) is 0 Å². The topological polar surface area (TPSA) is 72.2 Å². The van der Waals surface area contributed by atoms with E-state index in [2.05, 4.69) is 4.98 Å². The highest BCUT2D eigenvalue weighted by Crippen LogP contribution is 2.30. The van der Waals surface area contributed by atoms with Gasteiger partial charge in [0, 0.05) is 25.0 Å². The van der Waals surface area contributed by atoms with E-state index >= 15 is 0 Å². The molecule has 0 spiro atoms. The summed E-state index contributed by atoms with van der Waals surface area (Å²) in [5, 5.41) is 9.31. The van der Waals surface area contributed by atoms with Gasteiger partial charge in [-0.25, -0.2) is 4.79 Å². The highest BCUT2D eigenvalue weighted by molar-refractivity contribution is 6.00. The van der Waals surface area contributed by atoms with Crippen LogP contribution in [0.25, 0.3) is 11.3 Å². The minimum atomic E-state index is -1.07. The van der Waals surface area contributed by atoms with E-state index in [1.54, 1.807) is 36.1 Å². The molecule has 1 N–H and O–H groups in total. The summed E-state index contributed by atoms with van der Waals surface area (Å²) in [5.74, 6) is -1.07. The Morgan fingerprint density at radius 2 is 2.05 bits per heavy atom. The number of hydrogen-bond donors (Lipinski definition) is 1. The molecule has 98 valence electrons. The van der Waals surface area contributed by atoms with Crippen molar-refractivity contribution in [3.63, 3.8) is 0 Å². The standard InChI is InChI=1S/C14H14N2O3/c1-3-10-12(14(18)19)11(8-17)16(2)13(10)9-4-6-15-7-5-9/h4-8H,3H2,1-2H3,(H,18,19). The second-order valence-corrected chi connectivity index (χ2v) is 4.16. The number of rotatable bonds is 4. The van der Waals surface area contributed by atoms with Gasteiger partial charge < -0.3 is 9.67 Å². The number of carbonyl (C=O) groups excluding carboxylic acids is 1. The molecule has 0 saturated carbocycles. The molecule has 5 heteroatoms. The molecular formula is C14H14N2O3. The van der Waals surface area contributed by atoms with Crippen LogP contribution in [-0.2, 0) is 13.5 Å². The van der Waals surface area contributed by atoms with E-state index in [0.29, 0.717) is 18.3 Å². The molecule has 2 rings (SSSR count). The first kappa shape index (κ1) is 13.0. The Hall–Kier alpha value is -2.43. The predicted octanol–water partition coefficient (Wildman–Crippen LogP) is 2.16. The summed E-state index contributed by atoms with van der Waals surface area (Å²) >= 11 is 0. The Morgan fingerprint density at radius 1 is 1.42 bits per heavy atom. The quantitative estimate of drug-likeness (QED) is 0.853. The molecule has 0 amide bonds. The van der Waals surface area contributed by atoms with Crippen LogP contribution in [0.5, 0.6) is 0 Å². The number of aromatic carboxylic acids is 1. The van der Waals surface area contributed by atoms with Gasteiger partial charge in [0.1, 0.15) is 0 Å². The van der Waals surface area contributed by atoms with Crippen molar-refractivity contribution in [2.45, 2.75) is 13.3 Å². The van der Waals surface area contributed by atoms with Gasteiger partial charge in [-0.3, -0.25) is 9.78 Å². The van der Waals surface area contributed by atoms with Gasteiger partial charge in [0.05, 0.1) is 17.0 Å². The van der Waals surface area contributed by atoms with Gasteiger partial charge in [-0.05, 0) is 24.1 Å². The number of carboxylic acids is 1. The van der Waals surface area contributed by atoms with Crippen molar-refractivity contribution in [1.82, 2.24) is 9.55 Å². The summed E-state index contributed by atoms with van der Waals surface area (Å²) in [6.45, 7) is 1.88. The van der Waals surface area contributed by atoms with E-state index in [0.717, 1.165) is 11.3 Å². The van der Waals surface area contributed by atoms with Crippen LogP contribution in [0.15, 0.2) is 24.5 Å². The lowest BCUT2D eigenvalue weighted by atomic mass is 10.0. The van der Waals surface area contributed by atoms with Crippen LogP contribution in [0, 0.1) is 0 Å². The minimum Gasteiger partial charge on any atom is -0.478 e. The molecule has 2 aromatic rings. The fourth-order valence-electron chi connectivity index (χ4n) is 2.36. The number of aromatic nitrogens is 2. The van der Waals surface area contributed by atoms with Crippen LogP contribution in [-0.4, -0.2) is 26.9 Å². The number of aldehydes is 1. The summed E-state index contributed by atoms with van der Waals surface area (Å²) in [6, 6.07) is 3.60. The Morgan fingerprint density at radius 3 is 2.53 bits per heavy atom. The Kier molecular flexibility index (Phi) is 3.46. The molecule has 0 aliphatic rings. The maximum absolute atomic E-state index is 11.4. The first-order valence-corrected chi connectivity index (χ1v) is 5.92. The van der Waals surface area contributed by atoms with Gasteiger partial charge in [-0.15, -0.1) is 0 Å². The number of nitrogens with zero attached hydrogens (tertiary/aromatic N) is 2. The SMILES string of the molecule is CCc1c(C(=O)O)c(C=O)n(C)c1-c1ccncc1. The lowest BCUT2D eigenvalue weighted by Crippen LogP contribution is -2.04. The van der Waals surface area contributed by atoms with E-state index < -0.39 is 5.97 Å². The Labute approximate surface area is 110 Å². The summed E-state index contributed by atoms with van der Waals surface area (Å²) in [6.07, 6.45) is 4.42. The lowest BCUT2D eigenvalue weighted by molar-refractivity contribution is 0.0692. The molecule has 2 aromatic heterocycles.